The highest BCUT2D eigenvalue weighted by atomic mass is 16.6. The smallest absolute Gasteiger partial charge is 0.269 e. The molecule has 6 nitrogen and oxygen atoms in total. The number of nitrogens with zero attached hydrogens (tertiary/aromatic N) is 3. The van der Waals surface area contributed by atoms with Gasteiger partial charge in [-0.05, 0) is 25.6 Å². The molecule has 0 saturated carbocycles. The number of nitro groups is 1. The Balaban J connectivity index is 2.18. The van der Waals surface area contributed by atoms with Crippen LogP contribution in [0.2, 0.25) is 0 Å². The first-order valence-corrected chi connectivity index (χ1v) is 6.89. The number of hydrogen-bond donors (Lipinski definition) is 1. The number of non-ortho nitro benzene ring substituents is 1. The molecule has 1 unspecified atom stereocenters. The second-order valence-corrected chi connectivity index (χ2v) is 5.43. The zero-order chi connectivity index (χ0) is 14.7. The van der Waals surface area contributed by atoms with E-state index in [-0.39, 0.29) is 10.6 Å². The van der Waals surface area contributed by atoms with Crippen LogP contribution in [0.4, 0.5) is 11.4 Å². The molecule has 0 radical (unpaired) electrons. The number of rotatable bonds is 4. The molecule has 0 amide bonds. The highest BCUT2D eigenvalue weighted by molar-refractivity contribution is 5.55. The summed E-state index contributed by atoms with van der Waals surface area (Å²) in [6, 6.07) is 5.46. The van der Waals surface area contributed by atoms with Gasteiger partial charge in [0.15, 0.2) is 0 Å². The molecule has 1 fully saturated rings. The number of likely N-dealkylation sites (N-methyl/N-ethyl adjacent to an activating group) is 1. The van der Waals surface area contributed by atoms with Crippen molar-refractivity contribution in [2.45, 2.75) is 19.5 Å². The quantitative estimate of drug-likeness (QED) is 0.672. The van der Waals surface area contributed by atoms with E-state index in [0.717, 1.165) is 37.4 Å². The number of nitrogens with one attached hydrogen (secondary N) is 1. The SMILES string of the molecule is CNc1ccc([N+](=O)[O-])cc1CN1CCN(C)CC1C. The fourth-order valence-electron chi connectivity index (χ4n) is 2.70. The molecule has 1 atom stereocenters. The maximum absolute atomic E-state index is 10.9. The first kappa shape index (κ1) is 14.7. The zero-order valence-corrected chi connectivity index (χ0v) is 12.3. The van der Waals surface area contributed by atoms with Gasteiger partial charge in [-0.2, -0.15) is 0 Å². The van der Waals surface area contributed by atoms with Crippen molar-refractivity contribution in [2.75, 3.05) is 39.0 Å². The van der Waals surface area contributed by atoms with E-state index >= 15 is 0 Å². The second-order valence-electron chi connectivity index (χ2n) is 5.43. The molecule has 6 heteroatoms. The van der Waals surface area contributed by atoms with Crippen LogP contribution < -0.4 is 5.32 Å². The van der Waals surface area contributed by atoms with Crippen molar-refractivity contribution in [3.63, 3.8) is 0 Å². The van der Waals surface area contributed by atoms with Gasteiger partial charge in [0.1, 0.15) is 0 Å². The number of hydrogen-bond acceptors (Lipinski definition) is 5. The molecule has 0 aromatic heterocycles. The molecule has 1 aliphatic rings. The standard InChI is InChI=1S/C14H22N4O2/c1-11-9-16(3)6-7-17(11)10-12-8-13(18(19)20)4-5-14(12)15-2/h4-5,8,11,15H,6-7,9-10H2,1-3H3. The van der Waals surface area contributed by atoms with Crippen LogP contribution >= 0.6 is 0 Å². The molecule has 0 bridgehead atoms. The van der Waals surface area contributed by atoms with E-state index in [9.17, 15) is 10.1 Å². The van der Waals surface area contributed by atoms with Gasteiger partial charge >= 0.3 is 0 Å². The Hall–Kier alpha value is -1.66. The number of piperazine rings is 1. The topological polar surface area (TPSA) is 61.7 Å². The number of nitro benzene ring substituents is 1. The van der Waals surface area contributed by atoms with Crippen molar-refractivity contribution in [3.05, 3.63) is 33.9 Å². The third-order valence-electron chi connectivity index (χ3n) is 3.91. The highest BCUT2D eigenvalue weighted by Crippen LogP contribution is 2.24. The molecule has 1 aliphatic heterocycles. The molecule has 0 spiro atoms. The summed E-state index contributed by atoms with van der Waals surface area (Å²) >= 11 is 0. The molecule has 110 valence electrons. The summed E-state index contributed by atoms with van der Waals surface area (Å²) < 4.78 is 0. The van der Waals surface area contributed by atoms with Crippen LogP contribution in [-0.4, -0.2) is 54.5 Å². The van der Waals surface area contributed by atoms with Crippen molar-refractivity contribution in [1.82, 2.24) is 9.80 Å². The van der Waals surface area contributed by atoms with Crippen molar-refractivity contribution in [1.29, 1.82) is 0 Å². The Morgan fingerprint density at radius 3 is 2.80 bits per heavy atom. The number of anilines is 1. The van der Waals surface area contributed by atoms with Crippen molar-refractivity contribution in [2.24, 2.45) is 0 Å². The number of benzene rings is 1. The summed E-state index contributed by atoms with van der Waals surface area (Å²) in [4.78, 5) is 15.3. The third-order valence-corrected chi connectivity index (χ3v) is 3.91. The Morgan fingerprint density at radius 2 is 2.20 bits per heavy atom. The van der Waals surface area contributed by atoms with Crippen molar-refractivity contribution < 1.29 is 4.92 Å². The van der Waals surface area contributed by atoms with Gasteiger partial charge in [0.05, 0.1) is 4.92 Å². The molecular formula is C14H22N4O2. The van der Waals surface area contributed by atoms with Gasteiger partial charge < -0.3 is 10.2 Å². The maximum atomic E-state index is 10.9. The van der Waals surface area contributed by atoms with Gasteiger partial charge in [0.25, 0.3) is 5.69 Å². The van der Waals surface area contributed by atoms with E-state index in [2.05, 4.69) is 29.1 Å². The molecule has 2 rings (SSSR count). The predicted octanol–water partition coefficient (Wildman–Crippen LogP) is 1.77. The largest absolute Gasteiger partial charge is 0.388 e. The lowest BCUT2D eigenvalue weighted by Gasteiger charge is -2.38. The van der Waals surface area contributed by atoms with Gasteiger partial charge in [0, 0.05) is 57.1 Å². The van der Waals surface area contributed by atoms with Gasteiger partial charge in [-0.3, -0.25) is 15.0 Å². The molecule has 0 aliphatic carbocycles. The lowest BCUT2D eigenvalue weighted by Crippen LogP contribution is -2.49. The van der Waals surface area contributed by atoms with Crippen LogP contribution in [-0.2, 0) is 6.54 Å². The summed E-state index contributed by atoms with van der Waals surface area (Å²) in [7, 11) is 3.97. The minimum absolute atomic E-state index is 0.154. The normalized spacial score (nSPS) is 20.9. The first-order chi connectivity index (χ1) is 9.51. The monoisotopic (exact) mass is 278 g/mol. The van der Waals surface area contributed by atoms with Gasteiger partial charge in [-0.25, -0.2) is 0 Å². The van der Waals surface area contributed by atoms with Crippen LogP contribution in [0.5, 0.6) is 0 Å². The fourth-order valence-corrected chi connectivity index (χ4v) is 2.70. The van der Waals surface area contributed by atoms with E-state index in [1.54, 1.807) is 18.2 Å². The molecule has 1 heterocycles. The van der Waals surface area contributed by atoms with Crippen LogP contribution in [0.25, 0.3) is 0 Å². The first-order valence-electron chi connectivity index (χ1n) is 6.89. The Kier molecular flexibility index (Phi) is 4.57. The Labute approximate surface area is 119 Å². The molecule has 1 aromatic rings. The summed E-state index contributed by atoms with van der Waals surface area (Å²) in [5.41, 5.74) is 2.10. The summed E-state index contributed by atoms with van der Waals surface area (Å²) in [5.74, 6) is 0. The highest BCUT2D eigenvalue weighted by Gasteiger charge is 2.22. The van der Waals surface area contributed by atoms with E-state index < -0.39 is 0 Å². The van der Waals surface area contributed by atoms with Crippen molar-refractivity contribution >= 4 is 11.4 Å². The average molecular weight is 278 g/mol. The van der Waals surface area contributed by atoms with E-state index in [4.69, 9.17) is 0 Å². The van der Waals surface area contributed by atoms with Gasteiger partial charge in [0.2, 0.25) is 0 Å². The lowest BCUT2D eigenvalue weighted by atomic mass is 10.1. The Bertz CT molecular complexity index is 492. The summed E-state index contributed by atoms with van der Waals surface area (Å²) in [6.45, 7) is 6.00. The van der Waals surface area contributed by atoms with Gasteiger partial charge in [-0.1, -0.05) is 0 Å². The third kappa shape index (κ3) is 3.26. The van der Waals surface area contributed by atoms with E-state index in [1.165, 1.54) is 0 Å². The summed E-state index contributed by atoms with van der Waals surface area (Å²) in [5, 5.41) is 14.0. The van der Waals surface area contributed by atoms with Crippen LogP contribution in [0.1, 0.15) is 12.5 Å². The predicted molar refractivity (Wildman–Crippen MR) is 80.0 cm³/mol. The Morgan fingerprint density at radius 1 is 1.45 bits per heavy atom. The zero-order valence-electron chi connectivity index (χ0n) is 12.3. The van der Waals surface area contributed by atoms with Crippen LogP contribution in [0.15, 0.2) is 18.2 Å². The van der Waals surface area contributed by atoms with Crippen molar-refractivity contribution in [3.8, 4) is 0 Å². The molecule has 1 saturated heterocycles. The molecule has 20 heavy (non-hydrogen) atoms. The average Bonchev–Trinajstić information content (AvgIpc) is 2.41. The minimum atomic E-state index is -0.337. The minimum Gasteiger partial charge on any atom is -0.388 e. The molecular weight excluding hydrogens is 256 g/mol. The lowest BCUT2D eigenvalue weighted by molar-refractivity contribution is -0.384. The van der Waals surface area contributed by atoms with E-state index in [0.29, 0.717) is 6.04 Å². The van der Waals surface area contributed by atoms with Crippen LogP contribution in [0, 0.1) is 10.1 Å². The van der Waals surface area contributed by atoms with E-state index in [1.807, 2.05) is 7.05 Å². The molecule has 1 N–H and O–H groups in total. The van der Waals surface area contributed by atoms with Crippen LogP contribution in [0.3, 0.4) is 0 Å². The molecule has 1 aromatic carbocycles. The summed E-state index contributed by atoms with van der Waals surface area (Å²) in [6.07, 6.45) is 0. The second kappa shape index (κ2) is 6.19. The fraction of sp³-hybridized carbons (Fsp3) is 0.571. The van der Waals surface area contributed by atoms with Gasteiger partial charge in [-0.15, -0.1) is 0 Å². The maximum Gasteiger partial charge on any atom is 0.269 e.